The number of aliphatic hydroxyl groups excluding tert-OH is 2. The summed E-state index contributed by atoms with van der Waals surface area (Å²) >= 11 is 0. The average Bonchev–Trinajstić information content (AvgIpc) is 2.98. The van der Waals surface area contributed by atoms with Gasteiger partial charge in [-0.05, 0) is 0 Å². The molecule has 2 aromatic heterocycles. The average molecular weight is 323 g/mol. The number of hydrogen-bond acceptors (Lipinski definition) is 7. The molecule has 1 fully saturated rings. The number of anilines is 1. The lowest BCUT2D eigenvalue weighted by molar-refractivity contribution is -0.0505. The number of nitrogens with zero attached hydrogens (tertiary/aromatic N) is 3. The van der Waals surface area contributed by atoms with E-state index >= 15 is 0 Å². The van der Waals surface area contributed by atoms with Gasteiger partial charge in [0, 0.05) is 13.0 Å². The molecule has 3 heterocycles. The Morgan fingerprint density at radius 3 is 2.87 bits per heavy atom. The molecule has 0 saturated carbocycles. The summed E-state index contributed by atoms with van der Waals surface area (Å²) in [7, 11) is 0. The number of aromatic nitrogens is 4. The van der Waals surface area contributed by atoms with Crippen LogP contribution in [-0.4, -0.2) is 48.1 Å². The van der Waals surface area contributed by atoms with E-state index in [1.807, 2.05) is 0 Å². The predicted molar refractivity (Wildman–Crippen MR) is 80.8 cm³/mol. The first kappa shape index (κ1) is 15.5. The van der Waals surface area contributed by atoms with Crippen molar-refractivity contribution in [2.24, 2.45) is 0 Å². The molecule has 3 unspecified atom stereocenters. The second-order valence-corrected chi connectivity index (χ2v) is 5.31. The maximum Gasteiger partial charge on any atom is 0.333 e. The number of H-pyrrole nitrogens is 1. The Bertz CT molecular complexity index is 866. The lowest BCUT2D eigenvalue weighted by Gasteiger charge is -2.15. The van der Waals surface area contributed by atoms with E-state index in [-0.39, 0.29) is 36.7 Å². The second-order valence-electron chi connectivity index (χ2n) is 5.31. The first-order chi connectivity index (χ1) is 11.0. The molecule has 124 valence electrons. The summed E-state index contributed by atoms with van der Waals surface area (Å²) < 4.78 is 7.76. The molecule has 5 N–H and O–H groups in total. The molecule has 23 heavy (non-hydrogen) atoms. The Labute approximate surface area is 129 Å². The zero-order valence-corrected chi connectivity index (χ0v) is 12.2. The van der Waals surface area contributed by atoms with Crippen molar-refractivity contribution in [2.45, 2.75) is 31.4 Å². The van der Waals surface area contributed by atoms with Crippen LogP contribution in [0.2, 0.25) is 0 Å². The number of nitrogens with one attached hydrogen (secondary N) is 1. The van der Waals surface area contributed by atoms with Crippen LogP contribution in [0.1, 0.15) is 12.6 Å². The summed E-state index contributed by atoms with van der Waals surface area (Å²) in [6.07, 6.45) is -1.04. The molecule has 3 atom stereocenters. The molecule has 0 radical (unpaired) electrons. The van der Waals surface area contributed by atoms with Crippen molar-refractivity contribution in [1.82, 2.24) is 19.1 Å². The third-order valence-electron chi connectivity index (χ3n) is 3.77. The number of allylic oxidation sites excluding steroid dienone is 1. The van der Waals surface area contributed by atoms with Gasteiger partial charge in [-0.25, -0.2) is 9.36 Å². The Kier molecular flexibility index (Phi) is 3.80. The lowest BCUT2D eigenvalue weighted by atomic mass is 10.2. The van der Waals surface area contributed by atoms with E-state index in [1.54, 1.807) is 0 Å². The van der Waals surface area contributed by atoms with Crippen molar-refractivity contribution in [3.63, 3.8) is 0 Å². The van der Waals surface area contributed by atoms with E-state index in [0.29, 0.717) is 0 Å². The fraction of sp³-hybridized carbons (Fsp3) is 0.462. The number of hydrogen-bond donors (Lipinski definition) is 4. The standard InChI is InChI=1S/C13H17N5O5/c1-2-3-17-8-9(15-12(14)16-10(8)21)18(13(17)22)11-7(20)4-6(5-19)23-11/h2,6-7,11,19-20H,1,3-5H2,(H3,14,15,16,21). The van der Waals surface area contributed by atoms with Gasteiger partial charge in [-0.3, -0.25) is 14.3 Å². The topological polar surface area (TPSA) is 148 Å². The normalized spacial score (nSPS) is 24.3. The third-order valence-corrected chi connectivity index (χ3v) is 3.77. The van der Waals surface area contributed by atoms with Gasteiger partial charge in [-0.2, -0.15) is 4.98 Å². The number of aliphatic hydroxyl groups is 2. The highest BCUT2D eigenvalue weighted by Crippen LogP contribution is 2.29. The Morgan fingerprint density at radius 1 is 1.52 bits per heavy atom. The molecule has 0 spiro atoms. The first-order valence-electron chi connectivity index (χ1n) is 7.03. The summed E-state index contributed by atoms with van der Waals surface area (Å²) in [5.74, 6) is -0.154. The molecule has 10 heteroatoms. The van der Waals surface area contributed by atoms with Gasteiger partial charge < -0.3 is 20.7 Å². The van der Waals surface area contributed by atoms with Crippen molar-refractivity contribution < 1.29 is 14.9 Å². The van der Waals surface area contributed by atoms with Gasteiger partial charge in [0.1, 0.15) is 6.10 Å². The molecule has 0 amide bonds. The lowest BCUT2D eigenvalue weighted by Crippen LogP contribution is -2.32. The van der Waals surface area contributed by atoms with Crippen LogP contribution in [0, 0.1) is 0 Å². The highest BCUT2D eigenvalue weighted by atomic mass is 16.5. The van der Waals surface area contributed by atoms with Crippen LogP contribution in [0.5, 0.6) is 0 Å². The maximum absolute atomic E-state index is 12.7. The van der Waals surface area contributed by atoms with Crippen LogP contribution in [0.3, 0.4) is 0 Å². The summed E-state index contributed by atoms with van der Waals surface area (Å²) in [6.45, 7) is 3.36. The summed E-state index contributed by atoms with van der Waals surface area (Å²) in [4.78, 5) is 31.2. The van der Waals surface area contributed by atoms with Crippen molar-refractivity contribution in [3.05, 3.63) is 33.5 Å². The molecule has 1 aliphatic rings. The van der Waals surface area contributed by atoms with Crippen LogP contribution in [0.15, 0.2) is 22.2 Å². The molecule has 0 aromatic carbocycles. The van der Waals surface area contributed by atoms with Crippen LogP contribution >= 0.6 is 0 Å². The molecule has 0 bridgehead atoms. The van der Waals surface area contributed by atoms with E-state index in [2.05, 4.69) is 16.5 Å². The minimum atomic E-state index is -1.05. The molecule has 1 saturated heterocycles. The summed E-state index contributed by atoms with van der Waals surface area (Å²) in [5.41, 5.74) is 4.44. The first-order valence-corrected chi connectivity index (χ1v) is 7.03. The smallest absolute Gasteiger partial charge is 0.333 e. The molecule has 10 nitrogen and oxygen atoms in total. The Morgan fingerprint density at radius 2 is 2.26 bits per heavy atom. The van der Waals surface area contributed by atoms with E-state index in [9.17, 15) is 19.8 Å². The molecular weight excluding hydrogens is 306 g/mol. The van der Waals surface area contributed by atoms with Crippen molar-refractivity contribution in [3.8, 4) is 0 Å². The highest BCUT2D eigenvalue weighted by Gasteiger charge is 2.38. The van der Waals surface area contributed by atoms with Crippen molar-refractivity contribution >= 4 is 17.1 Å². The van der Waals surface area contributed by atoms with Crippen LogP contribution < -0.4 is 17.0 Å². The van der Waals surface area contributed by atoms with Crippen LogP contribution in [0.25, 0.3) is 11.2 Å². The number of imidazole rings is 1. The molecule has 0 aliphatic carbocycles. The Balaban J connectivity index is 2.29. The third kappa shape index (κ3) is 2.36. The number of nitrogens with two attached hydrogens (primary N) is 1. The van der Waals surface area contributed by atoms with Gasteiger partial charge in [0.05, 0.1) is 12.7 Å². The number of aromatic amines is 1. The van der Waals surface area contributed by atoms with Gasteiger partial charge in [0.15, 0.2) is 17.4 Å². The number of nitrogen functional groups attached to an aromatic ring is 1. The monoisotopic (exact) mass is 323 g/mol. The van der Waals surface area contributed by atoms with Gasteiger partial charge in [0.2, 0.25) is 5.95 Å². The zero-order chi connectivity index (χ0) is 16.7. The minimum absolute atomic E-state index is 0.0146. The van der Waals surface area contributed by atoms with Crippen LogP contribution in [-0.2, 0) is 11.3 Å². The molecule has 2 aromatic rings. The van der Waals surface area contributed by atoms with E-state index < -0.39 is 29.7 Å². The summed E-state index contributed by atoms with van der Waals surface area (Å²) in [6, 6.07) is 0. The number of rotatable bonds is 4. The SMILES string of the molecule is C=CCn1c(=O)n(C2OC(CO)CC2O)c2nc(N)[nH]c(=O)c21. The quantitative estimate of drug-likeness (QED) is 0.490. The van der Waals surface area contributed by atoms with Gasteiger partial charge >= 0.3 is 5.69 Å². The fourth-order valence-corrected chi connectivity index (χ4v) is 2.81. The fourth-order valence-electron chi connectivity index (χ4n) is 2.81. The number of fused-ring (bicyclic) bond motifs is 1. The molecule has 3 rings (SSSR count). The largest absolute Gasteiger partial charge is 0.394 e. The van der Waals surface area contributed by atoms with Crippen LogP contribution in [0.4, 0.5) is 5.95 Å². The second kappa shape index (κ2) is 5.65. The molecular formula is C13H17N5O5. The Hall–Kier alpha value is -2.43. The molecule has 1 aliphatic heterocycles. The van der Waals surface area contributed by atoms with Gasteiger partial charge in [-0.1, -0.05) is 6.08 Å². The van der Waals surface area contributed by atoms with Crippen molar-refractivity contribution in [1.29, 1.82) is 0 Å². The number of ether oxygens (including phenoxy) is 1. The van der Waals surface area contributed by atoms with E-state index in [1.165, 1.54) is 10.6 Å². The van der Waals surface area contributed by atoms with E-state index in [0.717, 1.165) is 4.57 Å². The zero-order valence-electron chi connectivity index (χ0n) is 12.2. The predicted octanol–water partition coefficient (Wildman–Crippen LogP) is -1.70. The highest BCUT2D eigenvalue weighted by molar-refractivity contribution is 5.71. The maximum atomic E-state index is 12.7. The van der Waals surface area contributed by atoms with E-state index in [4.69, 9.17) is 10.5 Å². The van der Waals surface area contributed by atoms with Gasteiger partial charge in [0.25, 0.3) is 5.56 Å². The van der Waals surface area contributed by atoms with Crippen molar-refractivity contribution in [2.75, 3.05) is 12.3 Å². The minimum Gasteiger partial charge on any atom is -0.394 e. The summed E-state index contributed by atoms with van der Waals surface area (Å²) in [5, 5.41) is 19.3. The van der Waals surface area contributed by atoms with Gasteiger partial charge in [-0.15, -0.1) is 6.58 Å².